The number of esters is 1. The Morgan fingerprint density at radius 3 is 2.70 bits per heavy atom. The minimum Gasteiger partial charge on any atom is -0.420 e. The second kappa shape index (κ2) is 9.89. The van der Waals surface area contributed by atoms with Crippen molar-refractivity contribution in [3.05, 3.63) is 52.8 Å². The molecule has 0 radical (unpaired) electrons. The molecule has 0 unspecified atom stereocenters. The van der Waals surface area contributed by atoms with Crippen LogP contribution in [0.1, 0.15) is 17.5 Å². The number of ether oxygens (including phenoxy) is 1. The van der Waals surface area contributed by atoms with E-state index >= 15 is 0 Å². The first-order chi connectivity index (χ1) is 17.3. The summed E-state index contributed by atoms with van der Waals surface area (Å²) < 4.78 is 71.2. The zero-order valence-electron chi connectivity index (χ0n) is 18.5. The number of sulfonamides is 1. The number of rotatable bonds is 7. The molecule has 3 aromatic rings. The smallest absolute Gasteiger partial charge is 0.420 e. The summed E-state index contributed by atoms with van der Waals surface area (Å²) in [5.74, 6) is -3.96. The minimum absolute atomic E-state index is 0.0196. The second-order valence-electron chi connectivity index (χ2n) is 7.93. The molecule has 1 fully saturated rings. The molecule has 0 bridgehead atoms. The number of fused-ring (bicyclic) bond motifs is 1. The Balaban J connectivity index is 1.53. The monoisotopic (exact) mass is 575 g/mol. The molecule has 196 valence electrons. The van der Waals surface area contributed by atoms with Crippen LogP contribution in [0.15, 0.2) is 40.7 Å². The molecule has 10 nitrogen and oxygen atoms in total. The highest BCUT2D eigenvalue weighted by Crippen LogP contribution is 2.33. The van der Waals surface area contributed by atoms with Crippen LogP contribution in [0.2, 0.25) is 5.15 Å². The van der Waals surface area contributed by atoms with Gasteiger partial charge in [0.25, 0.3) is 10.0 Å². The number of nitrogens with two attached hydrogens (primary N) is 1. The molecule has 16 heteroatoms. The van der Waals surface area contributed by atoms with Gasteiger partial charge in [-0.2, -0.15) is 17.9 Å². The van der Waals surface area contributed by atoms with Gasteiger partial charge in [0.2, 0.25) is 5.91 Å². The predicted octanol–water partition coefficient (Wildman–Crippen LogP) is 2.78. The first-order valence-corrected chi connectivity index (χ1v) is 13.1. The Kier molecular flexibility index (Phi) is 7.16. The summed E-state index contributed by atoms with van der Waals surface area (Å²) in [6.45, 7) is -0.256. The molecule has 1 saturated heterocycles. The Bertz CT molecular complexity index is 1530. The van der Waals surface area contributed by atoms with Gasteiger partial charge in [-0.25, -0.2) is 18.2 Å². The van der Waals surface area contributed by atoms with E-state index in [1.54, 1.807) is 6.07 Å². The van der Waals surface area contributed by atoms with Gasteiger partial charge in [-0.05, 0) is 42.1 Å². The van der Waals surface area contributed by atoms with Crippen molar-refractivity contribution in [3.63, 3.8) is 0 Å². The van der Waals surface area contributed by atoms with Gasteiger partial charge in [-0.15, -0.1) is 11.3 Å². The average Bonchev–Trinajstić information content (AvgIpc) is 3.40. The molecule has 1 aliphatic heterocycles. The van der Waals surface area contributed by atoms with E-state index in [-0.39, 0.29) is 40.0 Å². The van der Waals surface area contributed by atoms with E-state index < -0.39 is 45.7 Å². The van der Waals surface area contributed by atoms with Crippen LogP contribution in [0.25, 0.3) is 10.1 Å². The van der Waals surface area contributed by atoms with Crippen LogP contribution in [-0.4, -0.2) is 54.8 Å². The van der Waals surface area contributed by atoms with Crippen molar-refractivity contribution < 1.29 is 35.9 Å². The summed E-state index contributed by atoms with van der Waals surface area (Å²) >= 11 is 6.91. The number of hydrogen-bond donors (Lipinski definition) is 3. The fraction of sp³-hybridized carbons (Fsp3) is 0.238. The summed E-state index contributed by atoms with van der Waals surface area (Å²) in [5, 5.41) is 8.26. The van der Waals surface area contributed by atoms with Crippen molar-refractivity contribution in [3.8, 4) is 5.75 Å². The van der Waals surface area contributed by atoms with Gasteiger partial charge in [0.1, 0.15) is 27.0 Å². The van der Waals surface area contributed by atoms with Gasteiger partial charge >= 0.3 is 12.1 Å². The lowest BCUT2D eigenvalue weighted by atomic mass is 10.1. The Morgan fingerprint density at radius 2 is 2.05 bits per heavy atom. The fourth-order valence-corrected chi connectivity index (χ4v) is 6.50. The van der Waals surface area contributed by atoms with E-state index in [9.17, 15) is 31.2 Å². The highest BCUT2D eigenvalue weighted by molar-refractivity contribution is 7.91. The zero-order valence-corrected chi connectivity index (χ0v) is 20.9. The number of pyridine rings is 1. The van der Waals surface area contributed by atoms with E-state index in [0.29, 0.717) is 10.1 Å². The van der Waals surface area contributed by atoms with Crippen molar-refractivity contribution in [1.29, 1.82) is 5.41 Å². The lowest BCUT2D eigenvalue weighted by Crippen LogP contribution is -2.41. The first kappa shape index (κ1) is 26.8. The molecule has 1 aromatic carbocycles. The maximum absolute atomic E-state index is 13.0. The lowest BCUT2D eigenvalue weighted by Gasteiger charge is -2.20. The van der Waals surface area contributed by atoms with Gasteiger partial charge < -0.3 is 15.4 Å². The molecule has 0 spiro atoms. The Hall–Kier alpha value is -3.27. The molecular formula is C21H17ClF3N5O5S2. The van der Waals surface area contributed by atoms with Gasteiger partial charge in [0, 0.05) is 30.4 Å². The van der Waals surface area contributed by atoms with Crippen LogP contribution in [0.4, 0.5) is 13.2 Å². The molecule has 0 saturated carbocycles. The van der Waals surface area contributed by atoms with Crippen molar-refractivity contribution >= 4 is 60.8 Å². The Labute approximate surface area is 216 Å². The second-order valence-corrected chi connectivity index (χ2v) is 11.3. The number of aromatic nitrogens is 1. The van der Waals surface area contributed by atoms with E-state index in [2.05, 4.69) is 14.4 Å². The third-order valence-electron chi connectivity index (χ3n) is 5.39. The van der Waals surface area contributed by atoms with Crippen LogP contribution in [0, 0.1) is 5.41 Å². The van der Waals surface area contributed by atoms with Gasteiger partial charge in [0.15, 0.2) is 0 Å². The van der Waals surface area contributed by atoms with Crippen molar-refractivity contribution in [2.45, 2.75) is 29.4 Å². The quantitative estimate of drug-likeness (QED) is 0.129. The van der Waals surface area contributed by atoms with E-state index in [1.165, 1.54) is 29.3 Å². The molecule has 1 atom stereocenters. The third-order valence-corrected chi connectivity index (χ3v) is 8.90. The average molecular weight is 576 g/mol. The van der Waals surface area contributed by atoms with Gasteiger partial charge in [-0.3, -0.25) is 10.2 Å². The maximum atomic E-state index is 13.0. The van der Waals surface area contributed by atoms with Crippen LogP contribution < -0.4 is 15.2 Å². The number of amides is 1. The molecule has 37 heavy (non-hydrogen) atoms. The van der Waals surface area contributed by atoms with Crippen molar-refractivity contribution in [2.75, 3.05) is 6.54 Å². The maximum Gasteiger partial charge on any atom is 0.491 e. The number of nitrogens with one attached hydrogen (secondary N) is 2. The molecule has 4 rings (SSSR count). The molecule has 4 N–H and O–H groups in total. The molecule has 0 aliphatic carbocycles. The first-order valence-electron chi connectivity index (χ1n) is 10.4. The lowest BCUT2D eigenvalue weighted by molar-refractivity contribution is -0.189. The standard InChI is InChI=1S/C21H17ClF3N5O5S2/c22-17-16-10(3-5-28-17)8-15(36-16)37(33,34)29-13-4-6-30(19(13)31)9-12-7-11(18(26)27)1-2-14(12)35-20(32)21(23,24)25/h1-3,5,7-8,13,29H,4,6,9H2,(H3,26,27)/t13-/m0/s1. The largest absolute Gasteiger partial charge is 0.491 e. The van der Waals surface area contributed by atoms with E-state index in [1.807, 2.05) is 0 Å². The number of halogens is 4. The summed E-state index contributed by atoms with van der Waals surface area (Å²) in [7, 11) is -4.11. The Morgan fingerprint density at radius 1 is 1.32 bits per heavy atom. The number of alkyl halides is 3. The van der Waals surface area contributed by atoms with Crippen LogP contribution in [0.3, 0.4) is 0 Å². The van der Waals surface area contributed by atoms with Crippen LogP contribution in [0.5, 0.6) is 5.75 Å². The van der Waals surface area contributed by atoms with Crippen molar-refractivity contribution in [2.24, 2.45) is 5.73 Å². The van der Waals surface area contributed by atoms with E-state index in [4.69, 9.17) is 22.7 Å². The number of amidine groups is 1. The highest BCUT2D eigenvalue weighted by Gasteiger charge is 2.42. The summed E-state index contributed by atoms with van der Waals surface area (Å²) in [6.07, 6.45) is -3.74. The number of thiophene rings is 1. The number of carbonyl (C=O) groups is 2. The summed E-state index contributed by atoms with van der Waals surface area (Å²) in [4.78, 5) is 29.4. The molecular weight excluding hydrogens is 559 g/mol. The molecule has 1 aliphatic rings. The number of nitrogen functional groups attached to an aromatic ring is 1. The number of nitrogens with zero attached hydrogens (tertiary/aromatic N) is 2. The van der Waals surface area contributed by atoms with Crippen molar-refractivity contribution in [1.82, 2.24) is 14.6 Å². The minimum atomic E-state index is -5.25. The third kappa shape index (κ3) is 5.69. The molecule has 2 aromatic heterocycles. The molecule has 3 heterocycles. The number of likely N-dealkylation sites (tertiary alicyclic amines) is 1. The fourth-order valence-electron chi connectivity index (χ4n) is 3.62. The highest BCUT2D eigenvalue weighted by atomic mass is 35.5. The predicted molar refractivity (Wildman–Crippen MR) is 128 cm³/mol. The summed E-state index contributed by atoms with van der Waals surface area (Å²) in [5.41, 5.74) is 5.56. The normalized spacial score (nSPS) is 16.4. The zero-order chi connectivity index (χ0) is 27.1. The number of benzene rings is 1. The topological polar surface area (TPSA) is 156 Å². The SMILES string of the molecule is N=C(N)c1ccc(OC(=O)C(F)(F)F)c(CN2CC[C@H](NS(=O)(=O)c3cc4ccnc(Cl)c4s3)C2=O)c1. The van der Waals surface area contributed by atoms with Crippen LogP contribution in [-0.2, 0) is 26.2 Å². The van der Waals surface area contributed by atoms with Crippen LogP contribution >= 0.6 is 22.9 Å². The van der Waals surface area contributed by atoms with E-state index in [0.717, 1.165) is 17.4 Å². The van der Waals surface area contributed by atoms with Gasteiger partial charge in [-0.1, -0.05) is 11.6 Å². The number of hydrogen-bond acceptors (Lipinski definition) is 8. The van der Waals surface area contributed by atoms with Gasteiger partial charge in [0.05, 0.1) is 4.70 Å². The molecule has 1 amide bonds. The number of carbonyl (C=O) groups excluding carboxylic acids is 2. The summed E-state index contributed by atoms with van der Waals surface area (Å²) in [6, 6.07) is 5.32.